The van der Waals surface area contributed by atoms with Crippen molar-refractivity contribution in [2.24, 2.45) is 11.3 Å². The Kier molecular flexibility index (Phi) is 5.15. The third kappa shape index (κ3) is 4.88. The van der Waals surface area contributed by atoms with Gasteiger partial charge in [0, 0.05) is 25.7 Å². The fourth-order valence-corrected chi connectivity index (χ4v) is 2.35. The van der Waals surface area contributed by atoms with Gasteiger partial charge in [0.2, 0.25) is 0 Å². The van der Waals surface area contributed by atoms with Crippen molar-refractivity contribution in [2.45, 2.75) is 20.3 Å². The number of carboxylic acid groups (broad SMARTS) is 1. The number of hydrogen-bond acceptors (Lipinski definition) is 3. The molecular weight excluding hydrogens is 216 g/mol. The van der Waals surface area contributed by atoms with Crippen LogP contribution in [-0.4, -0.2) is 49.2 Å². The van der Waals surface area contributed by atoms with Gasteiger partial charge in [-0.2, -0.15) is 0 Å². The molecule has 0 radical (unpaired) electrons. The summed E-state index contributed by atoms with van der Waals surface area (Å²) in [6.45, 7) is 8.47. The van der Waals surface area contributed by atoms with Crippen molar-refractivity contribution in [3.05, 3.63) is 12.2 Å². The zero-order chi connectivity index (χ0) is 12.9. The number of nitrogens with one attached hydrogen (secondary N) is 1. The van der Waals surface area contributed by atoms with Crippen LogP contribution < -0.4 is 5.32 Å². The van der Waals surface area contributed by atoms with Gasteiger partial charge in [0.15, 0.2) is 0 Å². The highest BCUT2D eigenvalue weighted by Gasteiger charge is 2.33. The molecule has 98 valence electrons. The minimum atomic E-state index is -0.886. The van der Waals surface area contributed by atoms with Crippen molar-refractivity contribution < 1.29 is 9.90 Å². The zero-order valence-electron chi connectivity index (χ0n) is 11.1. The van der Waals surface area contributed by atoms with Gasteiger partial charge >= 0.3 is 5.97 Å². The summed E-state index contributed by atoms with van der Waals surface area (Å²) in [5, 5.41) is 11.8. The van der Waals surface area contributed by atoms with Crippen molar-refractivity contribution >= 4 is 5.97 Å². The third-order valence-electron chi connectivity index (χ3n) is 3.60. The molecular formula is C13H24N2O2. The Bertz CT molecular complexity index is 287. The first-order valence-electron chi connectivity index (χ1n) is 6.20. The Morgan fingerprint density at radius 1 is 1.59 bits per heavy atom. The van der Waals surface area contributed by atoms with Crippen LogP contribution in [0.5, 0.6) is 0 Å². The monoisotopic (exact) mass is 240 g/mol. The molecule has 1 fully saturated rings. The van der Waals surface area contributed by atoms with Gasteiger partial charge in [0.05, 0.1) is 0 Å². The molecule has 1 aliphatic rings. The zero-order valence-corrected chi connectivity index (χ0v) is 11.1. The van der Waals surface area contributed by atoms with Crippen molar-refractivity contribution in [2.75, 3.05) is 33.2 Å². The second kappa shape index (κ2) is 6.17. The number of carbonyl (C=O) groups is 1. The summed E-state index contributed by atoms with van der Waals surface area (Å²) in [7, 11) is 2.17. The molecule has 1 aliphatic heterocycles. The molecule has 0 saturated carbocycles. The van der Waals surface area contributed by atoms with Crippen LogP contribution in [0.1, 0.15) is 20.3 Å². The van der Waals surface area contributed by atoms with E-state index in [0.29, 0.717) is 6.54 Å². The van der Waals surface area contributed by atoms with Gasteiger partial charge in [-0.15, -0.1) is 0 Å². The van der Waals surface area contributed by atoms with E-state index in [1.165, 1.54) is 25.6 Å². The minimum Gasteiger partial charge on any atom is -0.478 e. The van der Waals surface area contributed by atoms with Crippen LogP contribution in [0.3, 0.4) is 0 Å². The summed E-state index contributed by atoms with van der Waals surface area (Å²) in [4.78, 5) is 12.7. The van der Waals surface area contributed by atoms with E-state index >= 15 is 0 Å². The average molecular weight is 240 g/mol. The lowest BCUT2D eigenvalue weighted by Crippen LogP contribution is -2.37. The summed E-state index contributed by atoms with van der Waals surface area (Å²) in [5.41, 5.74) is 0.266. The average Bonchev–Trinajstić information content (AvgIpc) is 2.64. The maximum atomic E-state index is 10.3. The standard InChI is InChI=1S/C13H24N2O2/c1-13(2,11-6-8-15(3)9-11)10-14-7-4-5-12(16)17/h4-5,11,14H,6-10H2,1-3H3,(H,16,17)/b5-4+. The number of likely N-dealkylation sites (tertiary alicyclic amines) is 1. The first kappa shape index (κ1) is 14.2. The van der Waals surface area contributed by atoms with Gasteiger partial charge in [-0.25, -0.2) is 4.79 Å². The van der Waals surface area contributed by atoms with Crippen molar-refractivity contribution in [1.29, 1.82) is 0 Å². The fraction of sp³-hybridized carbons (Fsp3) is 0.769. The first-order chi connectivity index (χ1) is 7.92. The minimum absolute atomic E-state index is 0.266. The smallest absolute Gasteiger partial charge is 0.328 e. The molecule has 1 rings (SSSR count). The van der Waals surface area contributed by atoms with E-state index in [1.54, 1.807) is 6.08 Å². The van der Waals surface area contributed by atoms with Crippen LogP contribution in [0.4, 0.5) is 0 Å². The molecule has 17 heavy (non-hydrogen) atoms. The number of carboxylic acids is 1. The van der Waals surface area contributed by atoms with Crippen LogP contribution in [-0.2, 0) is 4.79 Å². The highest BCUT2D eigenvalue weighted by Crippen LogP contribution is 2.32. The predicted octanol–water partition coefficient (Wildman–Crippen LogP) is 1.19. The van der Waals surface area contributed by atoms with Crippen molar-refractivity contribution in [3.63, 3.8) is 0 Å². The van der Waals surface area contributed by atoms with Crippen molar-refractivity contribution in [3.8, 4) is 0 Å². The molecule has 2 N–H and O–H groups in total. The van der Waals surface area contributed by atoms with Crippen LogP contribution in [0, 0.1) is 11.3 Å². The molecule has 0 amide bonds. The van der Waals surface area contributed by atoms with Gasteiger partial charge in [-0.05, 0) is 31.3 Å². The molecule has 0 spiro atoms. The number of hydrogen-bond donors (Lipinski definition) is 2. The lowest BCUT2D eigenvalue weighted by molar-refractivity contribution is -0.131. The molecule has 0 aromatic heterocycles. The first-order valence-corrected chi connectivity index (χ1v) is 6.20. The second-order valence-corrected chi connectivity index (χ2v) is 5.61. The Hall–Kier alpha value is -0.870. The molecule has 1 saturated heterocycles. The summed E-state index contributed by atoms with van der Waals surface area (Å²) in [6, 6.07) is 0. The summed E-state index contributed by atoms with van der Waals surface area (Å²) in [6.07, 6.45) is 4.10. The van der Waals surface area contributed by atoms with Crippen molar-refractivity contribution in [1.82, 2.24) is 10.2 Å². The van der Waals surface area contributed by atoms with E-state index in [2.05, 4.69) is 31.1 Å². The Morgan fingerprint density at radius 2 is 2.29 bits per heavy atom. The molecule has 1 atom stereocenters. The van der Waals surface area contributed by atoms with Crippen LogP contribution in [0.15, 0.2) is 12.2 Å². The number of nitrogens with zero attached hydrogens (tertiary/aromatic N) is 1. The van der Waals surface area contributed by atoms with E-state index in [4.69, 9.17) is 5.11 Å². The van der Waals surface area contributed by atoms with Crippen LogP contribution in [0.2, 0.25) is 0 Å². The van der Waals surface area contributed by atoms with E-state index in [-0.39, 0.29) is 5.41 Å². The van der Waals surface area contributed by atoms with E-state index in [1.807, 2.05) is 0 Å². The Labute approximate surface area is 104 Å². The highest BCUT2D eigenvalue weighted by molar-refractivity contribution is 5.79. The second-order valence-electron chi connectivity index (χ2n) is 5.61. The molecule has 4 heteroatoms. The van der Waals surface area contributed by atoms with Crippen LogP contribution >= 0.6 is 0 Å². The molecule has 1 unspecified atom stereocenters. The molecule has 0 aromatic rings. The van der Waals surface area contributed by atoms with Gasteiger partial charge in [0.1, 0.15) is 0 Å². The largest absolute Gasteiger partial charge is 0.478 e. The van der Waals surface area contributed by atoms with E-state index in [0.717, 1.165) is 12.5 Å². The fourth-order valence-electron chi connectivity index (χ4n) is 2.35. The number of rotatable bonds is 6. The van der Waals surface area contributed by atoms with Gasteiger partial charge in [-0.1, -0.05) is 19.9 Å². The third-order valence-corrected chi connectivity index (χ3v) is 3.60. The van der Waals surface area contributed by atoms with Gasteiger partial charge in [-0.3, -0.25) is 0 Å². The summed E-state index contributed by atoms with van der Waals surface area (Å²) < 4.78 is 0. The molecule has 4 nitrogen and oxygen atoms in total. The van der Waals surface area contributed by atoms with E-state index < -0.39 is 5.97 Å². The quantitative estimate of drug-likeness (QED) is 0.541. The summed E-state index contributed by atoms with van der Waals surface area (Å²) >= 11 is 0. The molecule has 0 aromatic carbocycles. The topological polar surface area (TPSA) is 52.6 Å². The maximum absolute atomic E-state index is 10.3. The van der Waals surface area contributed by atoms with Gasteiger partial charge < -0.3 is 15.3 Å². The molecule has 0 aliphatic carbocycles. The lowest BCUT2D eigenvalue weighted by Gasteiger charge is -2.31. The van der Waals surface area contributed by atoms with Crippen LogP contribution in [0.25, 0.3) is 0 Å². The Balaban J connectivity index is 2.27. The lowest BCUT2D eigenvalue weighted by atomic mass is 9.78. The molecule has 1 heterocycles. The molecule has 0 bridgehead atoms. The number of aliphatic carboxylic acids is 1. The maximum Gasteiger partial charge on any atom is 0.328 e. The predicted molar refractivity (Wildman–Crippen MR) is 69.0 cm³/mol. The highest BCUT2D eigenvalue weighted by atomic mass is 16.4. The summed E-state index contributed by atoms with van der Waals surface area (Å²) in [5.74, 6) is -0.160. The Morgan fingerprint density at radius 3 is 2.82 bits per heavy atom. The van der Waals surface area contributed by atoms with E-state index in [9.17, 15) is 4.79 Å². The van der Waals surface area contributed by atoms with Gasteiger partial charge in [0.25, 0.3) is 0 Å². The normalized spacial score (nSPS) is 22.4. The SMILES string of the molecule is CN1CCC(C(C)(C)CNC/C=C/C(=O)O)C1.